The van der Waals surface area contributed by atoms with Crippen molar-refractivity contribution in [1.82, 2.24) is 0 Å². The van der Waals surface area contributed by atoms with E-state index in [1.165, 1.54) is 49.0 Å². The van der Waals surface area contributed by atoms with Crippen LogP contribution in [0.1, 0.15) is 44.6 Å². The third kappa shape index (κ3) is 3.89. The molecule has 2 rings (SSSR count). The van der Waals surface area contributed by atoms with Gasteiger partial charge in [-0.3, -0.25) is 0 Å². The van der Waals surface area contributed by atoms with E-state index in [0.29, 0.717) is 6.04 Å². The molecule has 2 atom stereocenters. The molecule has 1 fully saturated rings. The van der Waals surface area contributed by atoms with Crippen LogP contribution in [-0.2, 0) is 0 Å². The summed E-state index contributed by atoms with van der Waals surface area (Å²) in [4.78, 5) is 2.19. The van der Waals surface area contributed by atoms with Crippen LogP contribution in [0.3, 0.4) is 0 Å². The summed E-state index contributed by atoms with van der Waals surface area (Å²) in [5.74, 6) is 0.905. The fourth-order valence-electron chi connectivity index (χ4n) is 3.05. The lowest BCUT2D eigenvalue weighted by atomic mass is 10.0. The lowest BCUT2D eigenvalue weighted by Gasteiger charge is -2.21. The summed E-state index contributed by atoms with van der Waals surface area (Å²) in [5.41, 5.74) is 3.92. The summed E-state index contributed by atoms with van der Waals surface area (Å²) in [5, 5.41) is 3.74. The molecule has 1 aliphatic carbocycles. The molecule has 0 bridgehead atoms. The first kappa shape index (κ1) is 14.2. The number of nitrogens with one attached hydrogen (secondary N) is 1. The molecule has 0 aromatic heterocycles. The lowest BCUT2D eigenvalue weighted by molar-refractivity contribution is 0.502. The molecule has 1 aromatic rings. The van der Waals surface area contributed by atoms with Gasteiger partial charge in [-0.25, -0.2) is 0 Å². The quantitative estimate of drug-likeness (QED) is 0.808. The van der Waals surface area contributed by atoms with Crippen LogP contribution in [0, 0.1) is 12.8 Å². The van der Waals surface area contributed by atoms with Crippen molar-refractivity contribution >= 4 is 11.4 Å². The SMILES string of the molecule is Cc1ccc(NC2CCCC(C)CC2)cc1N(C)C. The zero-order chi connectivity index (χ0) is 13.8. The third-order valence-corrected chi connectivity index (χ3v) is 4.32. The molecular weight excluding hydrogens is 232 g/mol. The Morgan fingerprint density at radius 2 is 1.89 bits per heavy atom. The van der Waals surface area contributed by atoms with Gasteiger partial charge in [0.15, 0.2) is 0 Å². The molecule has 0 saturated heterocycles. The van der Waals surface area contributed by atoms with Crippen LogP contribution in [-0.4, -0.2) is 20.1 Å². The van der Waals surface area contributed by atoms with E-state index in [4.69, 9.17) is 0 Å². The molecule has 0 heterocycles. The predicted molar refractivity (Wildman–Crippen MR) is 85.2 cm³/mol. The summed E-state index contributed by atoms with van der Waals surface area (Å²) in [7, 11) is 4.22. The Labute approximate surface area is 118 Å². The van der Waals surface area contributed by atoms with Gasteiger partial charge in [-0.1, -0.05) is 25.8 Å². The molecule has 1 aliphatic rings. The average molecular weight is 260 g/mol. The first-order valence-electron chi connectivity index (χ1n) is 7.61. The summed E-state index contributed by atoms with van der Waals surface area (Å²) >= 11 is 0. The van der Waals surface area contributed by atoms with Crippen LogP contribution in [0.25, 0.3) is 0 Å². The van der Waals surface area contributed by atoms with Gasteiger partial charge in [0.2, 0.25) is 0 Å². The van der Waals surface area contributed by atoms with Crippen LogP contribution >= 0.6 is 0 Å². The van der Waals surface area contributed by atoms with Gasteiger partial charge in [0, 0.05) is 31.5 Å². The van der Waals surface area contributed by atoms with Crippen molar-refractivity contribution in [3.05, 3.63) is 23.8 Å². The molecule has 1 saturated carbocycles. The molecule has 1 N–H and O–H groups in total. The summed E-state index contributed by atoms with van der Waals surface area (Å²) < 4.78 is 0. The number of aryl methyl sites for hydroxylation is 1. The van der Waals surface area contributed by atoms with Gasteiger partial charge in [0.1, 0.15) is 0 Å². The largest absolute Gasteiger partial charge is 0.382 e. The zero-order valence-corrected chi connectivity index (χ0v) is 12.9. The highest BCUT2D eigenvalue weighted by Gasteiger charge is 2.16. The fraction of sp³-hybridized carbons (Fsp3) is 0.647. The second-order valence-electron chi connectivity index (χ2n) is 6.35. The standard InChI is InChI=1S/C17H28N2/c1-13-6-5-7-15(10-8-13)18-16-11-9-14(2)17(12-16)19(3)4/h9,11-13,15,18H,5-8,10H2,1-4H3. The van der Waals surface area contributed by atoms with Crippen molar-refractivity contribution in [3.63, 3.8) is 0 Å². The minimum atomic E-state index is 0.655. The number of hydrogen-bond acceptors (Lipinski definition) is 2. The Morgan fingerprint density at radius 3 is 2.63 bits per heavy atom. The summed E-state index contributed by atoms with van der Waals surface area (Å²) in [6.45, 7) is 4.56. The predicted octanol–water partition coefficient (Wildman–Crippen LogP) is 4.44. The molecule has 2 nitrogen and oxygen atoms in total. The topological polar surface area (TPSA) is 15.3 Å². The van der Waals surface area contributed by atoms with Crippen LogP contribution in [0.15, 0.2) is 18.2 Å². The Morgan fingerprint density at radius 1 is 1.11 bits per heavy atom. The van der Waals surface area contributed by atoms with Gasteiger partial charge in [-0.15, -0.1) is 0 Å². The molecule has 2 heteroatoms. The average Bonchev–Trinajstić information content (AvgIpc) is 2.56. The van der Waals surface area contributed by atoms with E-state index in [1.54, 1.807) is 0 Å². The monoisotopic (exact) mass is 260 g/mol. The second-order valence-corrected chi connectivity index (χ2v) is 6.35. The zero-order valence-electron chi connectivity index (χ0n) is 12.9. The van der Waals surface area contributed by atoms with Gasteiger partial charge in [-0.2, -0.15) is 0 Å². The number of rotatable bonds is 3. The molecule has 1 aromatic carbocycles. The molecule has 0 spiro atoms. The van der Waals surface area contributed by atoms with Crippen molar-refractivity contribution in [2.45, 2.75) is 52.0 Å². The molecular formula is C17H28N2. The molecule has 19 heavy (non-hydrogen) atoms. The molecule has 0 radical (unpaired) electrons. The Hall–Kier alpha value is -1.18. The molecule has 106 valence electrons. The van der Waals surface area contributed by atoms with Gasteiger partial charge < -0.3 is 10.2 Å². The fourth-order valence-corrected chi connectivity index (χ4v) is 3.05. The third-order valence-electron chi connectivity index (χ3n) is 4.32. The number of benzene rings is 1. The number of hydrogen-bond donors (Lipinski definition) is 1. The molecule has 0 aliphatic heterocycles. The lowest BCUT2D eigenvalue weighted by Crippen LogP contribution is -2.19. The first-order chi connectivity index (χ1) is 9.06. The van der Waals surface area contributed by atoms with E-state index < -0.39 is 0 Å². The van der Waals surface area contributed by atoms with E-state index in [1.807, 2.05) is 0 Å². The summed E-state index contributed by atoms with van der Waals surface area (Å²) in [6, 6.07) is 7.37. The minimum absolute atomic E-state index is 0.655. The van der Waals surface area contributed by atoms with E-state index >= 15 is 0 Å². The number of anilines is 2. The Balaban J connectivity index is 2.04. The van der Waals surface area contributed by atoms with Gasteiger partial charge >= 0.3 is 0 Å². The second kappa shape index (κ2) is 6.31. The van der Waals surface area contributed by atoms with Crippen molar-refractivity contribution in [2.24, 2.45) is 5.92 Å². The minimum Gasteiger partial charge on any atom is -0.382 e. The molecule has 2 unspecified atom stereocenters. The van der Waals surface area contributed by atoms with Crippen molar-refractivity contribution in [1.29, 1.82) is 0 Å². The van der Waals surface area contributed by atoms with Crippen LogP contribution in [0.4, 0.5) is 11.4 Å². The number of nitrogens with zero attached hydrogens (tertiary/aromatic N) is 1. The Bertz CT molecular complexity index is 412. The summed E-state index contributed by atoms with van der Waals surface area (Å²) in [6.07, 6.45) is 6.76. The van der Waals surface area contributed by atoms with Gasteiger partial charge in [0.05, 0.1) is 0 Å². The maximum absolute atomic E-state index is 3.74. The highest BCUT2D eigenvalue weighted by molar-refractivity contribution is 5.62. The first-order valence-corrected chi connectivity index (χ1v) is 7.61. The van der Waals surface area contributed by atoms with Crippen molar-refractivity contribution in [3.8, 4) is 0 Å². The van der Waals surface area contributed by atoms with Crippen LogP contribution in [0.5, 0.6) is 0 Å². The smallest absolute Gasteiger partial charge is 0.0411 e. The van der Waals surface area contributed by atoms with Gasteiger partial charge in [-0.05, 0) is 49.8 Å². The highest BCUT2D eigenvalue weighted by atomic mass is 15.1. The normalized spacial score (nSPS) is 23.8. The van der Waals surface area contributed by atoms with Crippen molar-refractivity contribution < 1.29 is 0 Å². The molecule has 0 amide bonds. The van der Waals surface area contributed by atoms with Crippen LogP contribution in [0.2, 0.25) is 0 Å². The maximum Gasteiger partial charge on any atom is 0.0411 e. The van der Waals surface area contributed by atoms with Crippen molar-refractivity contribution in [2.75, 3.05) is 24.3 Å². The van der Waals surface area contributed by atoms with E-state index in [0.717, 1.165) is 5.92 Å². The highest BCUT2D eigenvalue weighted by Crippen LogP contribution is 2.27. The van der Waals surface area contributed by atoms with E-state index in [2.05, 4.69) is 56.4 Å². The van der Waals surface area contributed by atoms with Crippen LogP contribution < -0.4 is 10.2 Å². The Kier molecular flexibility index (Phi) is 4.73. The van der Waals surface area contributed by atoms with E-state index in [-0.39, 0.29) is 0 Å². The maximum atomic E-state index is 3.74. The van der Waals surface area contributed by atoms with Gasteiger partial charge in [0.25, 0.3) is 0 Å². The van der Waals surface area contributed by atoms with E-state index in [9.17, 15) is 0 Å².